The Balaban J connectivity index is 2.01. The van der Waals surface area contributed by atoms with Gasteiger partial charge in [0.25, 0.3) is 0 Å². The first-order chi connectivity index (χ1) is 10.2. The van der Waals surface area contributed by atoms with E-state index in [0.29, 0.717) is 0 Å². The molecular weight excluding hydrogens is 275 g/mol. The zero-order valence-corrected chi connectivity index (χ0v) is 10.9. The van der Waals surface area contributed by atoms with Crippen molar-refractivity contribution in [1.29, 1.82) is 0 Å². The highest BCUT2D eigenvalue weighted by Gasteiger charge is 2.15. The summed E-state index contributed by atoms with van der Waals surface area (Å²) in [7, 11) is 0. The van der Waals surface area contributed by atoms with Crippen LogP contribution in [0.25, 0.3) is 22.4 Å². The van der Waals surface area contributed by atoms with Crippen LogP contribution in [0.3, 0.4) is 0 Å². The largest absolute Gasteiger partial charge is 0.256 e. The molecule has 104 valence electrons. The Bertz CT molecular complexity index is 768. The highest BCUT2D eigenvalue weighted by Crippen LogP contribution is 2.26. The fourth-order valence-electron chi connectivity index (χ4n) is 2.08. The molecule has 0 aliphatic heterocycles. The van der Waals surface area contributed by atoms with E-state index in [2.05, 4.69) is 4.98 Å². The molecule has 0 saturated carbocycles. The number of rotatable bonds is 2. The van der Waals surface area contributed by atoms with E-state index in [1.807, 2.05) is 30.3 Å². The average molecular weight is 285 g/mol. The van der Waals surface area contributed by atoms with Crippen LogP contribution in [0.4, 0.5) is 13.2 Å². The second-order valence-corrected chi connectivity index (χ2v) is 4.52. The van der Waals surface area contributed by atoms with Crippen LogP contribution in [0.15, 0.2) is 60.8 Å². The summed E-state index contributed by atoms with van der Waals surface area (Å²) in [4.78, 5) is 4.13. The first-order valence-corrected chi connectivity index (χ1v) is 6.32. The number of nitrogens with zero attached hydrogens (tertiary/aromatic N) is 1. The van der Waals surface area contributed by atoms with Gasteiger partial charge in [-0.3, -0.25) is 4.98 Å². The standard InChI is InChI=1S/C17H10F3N/c18-14-8-7-13(16(19)17(14)20)15-9-6-12(10-21-15)11-4-2-1-3-5-11/h1-10H. The van der Waals surface area contributed by atoms with E-state index in [-0.39, 0.29) is 11.3 Å². The fraction of sp³-hybridized carbons (Fsp3) is 0. The van der Waals surface area contributed by atoms with Crippen molar-refractivity contribution in [2.45, 2.75) is 0 Å². The molecule has 21 heavy (non-hydrogen) atoms. The maximum Gasteiger partial charge on any atom is 0.195 e. The molecule has 3 aromatic rings. The van der Waals surface area contributed by atoms with Crippen LogP contribution in [-0.2, 0) is 0 Å². The van der Waals surface area contributed by atoms with Crippen molar-refractivity contribution in [2.75, 3.05) is 0 Å². The van der Waals surface area contributed by atoms with Crippen LogP contribution in [0.5, 0.6) is 0 Å². The minimum atomic E-state index is -1.48. The third kappa shape index (κ3) is 2.52. The van der Waals surface area contributed by atoms with Gasteiger partial charge in [-0.25, -0.2) is 13.2 Å². The van der Waals surface area contributed by atoms with Crippen LogP contribution in [0.2, 0.25) is 0 Å². The minimum absolute atomic E-state index is 0.0616. The Labute approximate surface area is 119 Å². The third-order valence-electron chi connectivity index (χ3n) is 3.18. The van der Waals surface area contributed by atoms with E-state index in [1.54, 1.807) is 18.3 Å². The molecular formula is C17H10F3N. The van der Waals surface area contributed by atoms with Crippen LogP contribution >= 0.6 is 0 Å². The number of benzene rings is 2. The first kappa shape index (κ1) is 13.4. The van der Waals surface area contributed by atoms with Crippen molar-refractivity contribution >= 4 is 0 Å². The highest BCUT2D eigenvalue weighted by atomic mass is 19.2. The van der Waals surface area contributed by atoms with Gasteiger partial charge in [-0.1, -0.05) is 36.4 Å². The van der Waals surface area contributed by atoms with Crippen molar-refractivity contribution in [1.82, 2.24) is 4.98 Å². The van der Waals surface area contributed by atoms with Gasteiger partial charge in [0.05, 0.1) is 5.69 Å². The van der Waals surface area contributed by atoms with Crippen molar-refractivity contribution in [3.63, 3.8) is 0 Å². The van der Waals surface area contributed by atoms with Gasteiger partial charge in [-0.05, 0) is 23.8 Å². The summed E-state index contributed by atoms with van der Waals surface area (Å²) in [5.74, 6) is -3.92. The van der Waals surface area contributed by atoms with Crippen molar-refractivity contribution in [2.24, 2.45) is 0 Å². The maximum atomic E-state index is 13.7. The molecule has 0 spiro atoms. The number of aromatic nitrogens is 1. The topological polar surface area (TPSA) is 12.9 Å². The predicted molar refractivity (Wildman–Crippen MR) is 75.0 cm³/mol. The second-order valence-electron chi connectivity index (χ2n) is 4.52. The van der Waals surface area contributed by atoms with E-state index in [0.717, 1.165) is 17.2 Å². The molecule has 0 amide bonds. The fourth-order valence-corrected chi connectivity index (χ4v) is 2.08. The molecule has 3 rings (SSSR count). The van der Waals surface area contributed by atoms with Crippen LogP contribution in [0, 0.1) is 17.5 Å². The molecule has 0 aliphatic carbocycles. The zero-order chi connectivity index (χ0) is 14.8. The van der Waals surface area contributed by atoms with Crippen molar-refractivity contribution < 1.29 is 13.2 Å². The predicted octanol–water partition coefficient (Wildman–Crippen LogP) is 4.83. The van der Waals surface area contributed by atoms with Crippen molar-refractivity contribution in [3.8, 4) is 22.4 Å². The molecule has 0 aliphatic rings. The molecule has 1 nitrogen and oxygen atoms in total. The van der Waals surface area contributed by atoms with Gasteiger partial charge in [0.2, 0.25) is 0 Å². The number of hydrogen-bond acceptors (Lipinski definition) is 1. The molecule has 0 atom stereocenters. The summed E-state index contributed by atoms with van der Waals surface area (Å²) >= 11 is 0. The van der Waals surface area contributed by atoms with Crippen LogP contribution < -0.4 is 0 Å². The van der Waals surface area contributed by atoms with E-state index in [4.69, 9.17) is 0 Å². The lowest BCUT2D eigenvalue weighted by molar-refractivity contribution is 0.449. The molecule has 1 heterocycles. The normalized spacial score (nSPS) is 10.6. The van der Waals surface area contributed by atoms with E-state index in [9.17, 15) is 13.2 Å². The maximum absolute atomic E-state index is 13.7. The van der Waals surface area contributed by atoms with Gasteiger partial charge in [-0.2, -0.15) is 0 Å². The third-order valence-corrected chi connectivity index (χ3v) is 3.18. The summed E-state index contributed by atoms with van der Waals surface area (Å²) in [6.07, 6.45) is 1.57. The molecule has 0 N–H and O–H groups in total. The second kappa shape index (κ2) is 5.40. The lowest BCUT2D eigenvalue weighted by Crippen LogP contribution is -1.95. The summed E-state index contributed by atoms with van der Waals surface area (Å²) in [6, 6.07) is 15.0. The highest BCUT2D eigenvalue weighted by molar-refractivity contribution is 5.67. The molecule has 0 radical (unpaired) electrons. The van der Waals surface area contributed by atoms with E-state index < -0.39 is 17.5 Å². The van der Waals surface area contributed by atoms with Gasteiger partial charge in [-0.15, -0.1) is 0 Å². The van der Waals surface area contributed by atoms with Gasteiger partial charge in [0.1, 0.15) is 0 Å². The minimum Gasteiger partial charge on any atom is -0.256 e. The van der Waals surface area contributed by atoms with Gasteiger partial charge < -0.3 is 0 Å². The van der Waals surface area contributed by atoms with Crippen LogP contribution in [-0.4, -0.2) is 4.98 Å². The summed E-state index contributed by atoms with van der Waals surface area (Å²) in [5.41, 5.74) is 2.03. The summed E-state index contributed by atoms with van der Waals surface area (Å²) in [6.45, 7) is 0. The molecule has 0 saturated heterocycles. The lowest BCUT2D eigenvalue weighted by atomic mass is 10.1. The molecule has 2 aromatic carbocycles. The Morgan fingerprint density at radius 3 is 2.10 bits per heavy atom. The van der Waals surface area contributed by atoms with Crippen molar-refractivity contribution in [3.05, 3.63) is 78.2 Å². The Hall–Kier alpha value is -2.62. The SMILES string of the molecule is Fc1ccc(-c2ccc(-c3ccccc3)cn2)c(F)c1F. The average Bonchev–Trinajstić information content (AvgIpc) is 2.54. The molecule has 0 fully saturated rings. The molecule has 1 aromatic heterocycles. The molecule has 0 unspecified atom stereocenters. The summed E-state index contributed by atoms with van der Waals surface area (Å²) in [5, 5.41) is 0. The van der Waals surface area contributed by atoms with Gasteiger partial charge in [0.15, 0.2) is 17.5 Å². The lowest BCUT2D eigenvalue weighted by Gasteiger charge is -2.06. The smallest absolute Gasteiger partial charge is 0.195 e. The number of halogens is 3. The monoisotopic (exact) mass is 285 g/mol. The summed E-state index contributed by atoms with van der Waals surface area (Å²) < 4.78 is 39.9. The van der Waals surface area contributed by atoms with Gasteiger partial charge in [0, 0.05) is 17.3 Å². The quantitative estimate of drug-likeness (QED) is 0.614. The zero-order valence-electron chi connectivity index (χ0n) is 10.9. The molecule has 0 bridgehead atoms. The Kier molecular flexibility index (Phi) is 3.44. The van der Waals surface area contributed by atoms with E-state index in [1.165, 1.54) is 6.07 Å². The van der Waals surface area contributed by atoms with Gasteiger partial charge >= 0.3 is 0 Å². The number of hydrogen-bond donors (Lipinski definition) is 0. The van der Waals surface area contributed by atoms with Crippen LogP contribution in [0.1, 0.15) is 0 Å². The Morgan fingerprint density at radius 1 is 0.667 bits per heavy atom. The first-order valence-electron chi connectivity index (χ1n) is 6.32. The number of pyridine rings is 1. The van der Waals surface area contributed by atoms with E-state index >= 15 is 0 Å². The molecule has 4 heteroatoms. The Morgan fingerprint density at radius 2 is 1.43 bits per heavy atom.